The van der Waals surface area contributed by atoms with Crippen molar-refractivity contribution in [3.05, 3.63) is 0 Å². The van der Waals surface area contributed by atoms with Crippen LogP contribution in [-0.4, -0.2) is 41.9 Å². The van der Waals surface area contributed by atoms with Crippen LogP contribution in [0.25, 0.3) is 0 Å². The van der Waals surface area contributed by atoms with Crippen molar-refractivity contribution in [1.29, 1.82) is 0 Å². The Morgan fingerprint density at radius 2 is 1.89 bits per heavy atom. The Morgan fingerprint density at radius 3 is 2.42 bits per heavy atom. The Bertz CT molecular complexity index is 332. The highest BCUT2D eigenvalue weighted by atomic mass is 16.2. The third kappa shape index (κ3) is 4.49. The normalized spacial score (nSPS) is 22.1. The number of amides is 2. The summed E-state index contributed by atoms with van der Waals surface area (Å²) in [6.07, 6.45) is 5.12. The maximum absolute atomic E-state index is 11.9. The highest BCUT2D eigenvalue weighted by Crippen LogP contribution is 2.29. The van der Waals surface area contributed by atoms with Gasteiger partial charge >= 0.3 is 0 Å². The molecule has 19 heavy (non-hydrogen) atoms. The lowest BCUT2D eigenvalue weighted by Crippen LogP contribution is -2.47. The molecular formula is C14H25N3O2. The molecule has 1 saturated heterocycles. The minimum Gasteiger partial charge on any atom is -0.353 e. The maximum Gasteiger partial charge on any atom is 0.223 e. The van der Waals surface area contributed by atoms with Gasteiger partial charge in [0.1, 0.15) is 0 Å². The molecule has 1 heterocycles. The molecular weight excluding hydrogens is 242 g/mol. The van der Waals surface area contributed by atoms with Gasteiger partial charge in [0.2, 0.25) is 11.8 Å². The van der Waals surface area contributed by atoms with Crippen molar-refractivity contribution in [1.82, 2.24) is 10.2 Å². The van der Waals surface area contributed by atoms with Crippen LogP contribution in [0, 0.1) is 5.92 Å². The van der Waals surface area contributed by atoms with E-state index in [1.165, 1.54) is 0 Å². The number of nitrogens with one attached hydrogen (secondary N) is 1. The van der Waals surface area contributed by atoms with Crippen molar-refractivity contribution in [2.45, 2.75) is 57.5 Å². The van der Waals surface area contributed by atoms with Crippen LogP contribution in [0.2, 0.25) is 0 Å². The Morgan fingerprint density at radius 1 is 1.26 bits per heavy atom. The summed E-state index contributed by atoms with van der Waals surface area (Å²) < 4.78 is 0. The molecule has 1 saturated carbocycles. The van der Waals surface area contributed by atoms with Crippen LogP contribution < -0.4 is 11.1 Å². The van der Waals surface area contributed by atoms with Crippen LogP contribution in [-0.2, 0) is 9.59 Å². The molecule has 1 aliphatic heterocycles. The monoisotopic (exact) mass is 267 g/mol. The Labute approximate surface area is 114 Å². The fourth-order valence-electron chi connectivity index (χ4n) is 2.45. The first kappa shape index (κ1) is 14.3. The summed E-state index contributed by atoms with van der Waals surface area (Å²) in [5.41, 5.74) is 5.66. The summed E-state index contributed by atoms with van der Waals surface area (Å²) >= 11 is 0. The Kier molecular flexibility index (Phi) is 4.80. The van der Waals surface area contributed by atoms with Crippen LogP contribution in [0.4, 0.5) is 0 Å². The predicted octanol–water partition coefficient (Wildman–Crippen LogP) is 0.631. The number of hydrogen-bond donors (Lipinski definition) is 2. The summed E-state index contributed by atoms with van der Waals surface area (Å²) in [6, 6.07) is 0.338. The number of carbonyl (C=O) groups is 2. The number of likely N-dealkylation sites (tertiary alicyclic amines) is 1. The van der Waals surface area contributed by atoms with Gasteiger partial charge < -0.3 is 16.0 Å². The minimum atomic E-state index is 0.0827. The van der Waals surface area contributed by atoms with Crippen molar-refractivity contribution < 1.29 is 9.59 Å². The molecule has 2 amide bonds. The molecule has 108 valence electrons. The number of piperidine rings is 1. The van der Waals surface area contributed by atoms with Crippen LogP contribution >= 0.6 is 0 Å². The molecule has 5 heteroatoms. The topological polar surface area (TPSA) is 75.4 Å². The number of carbonyl (C=O) groups excluding carboxylic acids is 2. The summed E-state index contributed by atoms with van der Waals surface area (Å²) in [6.45, 7) is 3.44. The van der Waals surface area contributed by atoms with E-state index < -0.39 is 0 Å². The van der Waals surface area contributed by atoms with Gasteiger partial charge in [-0.25, -0.2) is 0 Å². The highest BCUT2D eigenvalue weighted by molar-refractivity contribution is 5.81. The quantitative estimate of drug-likeness (QED) is 0.767. The molecule has 3 N–H and O–H groups in total. The lowest BCUT2D eigenvalue weighted by Gasteiger charge is -2.32. The molecule has 0 bridgehead atoms. The van der Waals surface area contributed by atoms with Crippen molar-refractivity contribution >= 4 is 11.8 Å². The molecule has 0 aromatic rings. The molecule has 0 spiro atoms. The van der Waals surface area contributed by atoms with Gasteiger partial charge in [-0.3, -0.25) is 9.59 Å². The van der Waals surface area contributed by atoms with Crippen LogP contribution in [0.1, 0.15) is 45.4 Å². The molecule has 2 fully saturated rings. The van der Waals surface area contributed by atoms with Crippen molar-refractivity contribution in [3.63, 3.8) is 0 Å². The van der Waals surface area contributed by atoms with Crippen LogP contribution in [0.3, 0.4) is 0 Å². The fourth-order valence-corrected chi connectivity index (χ4v) is 2.45. The second kappa shape index (κ2) is 6.37. The Hall–Kier alpha value is -1.10. The second-order valence-electron chi connectivity index (χ2n) is 5.95. The van der Waals surface area contributed by atoms with Gasteiger partial charge in [-0.1, -0.05) is 0 Å². The molecule has 2 aliphatic rings. The first-order valence-corrected chi connectivity index (χ1v) is 7.40. The number of nitrogens with zero attached hydrogens (tertiary/aromatic N) is 1. The Balaban J connectivity index is 1.66. The number of nitrogens with two attached hydrogens (primary N) is 1. The summed E-state index contributed by atoms with van der Waals surface area (Å²) in [4.78, 5) is 25.5. The molecule has 1 aliphatic carbocycles. The summed E-state index contributed by atoms with van der Waals surface area (Å²) in [5.74, 6) is 0.678. The number of rotatable bonds is 5. The fraction of sp³-hybridized carbons (Fsp3) is 0.857. The van der Waals surface area contributed by atoms with E-state index in [0.29, 0.717) is 6.42 Å². The van der Waals surface area contributed by atoms with Gasteiger partial charge in [0, 0.05) is 37.5 Å². The third-order valence-electron chi connectivity index (χ3n) is 3.96. The first-order chi connectivity index (χ1) is 9.06. The lowest BCUT2D eigenvalue weighted by atomic mass is 10.0. The van der Waals surface area contributed by atoms with E-state index in [2.05, 4.69) is 5.32 Å². The molecule has 5 nitrogen and oxygen atoms in total. The SMILES string of the molecule is CC(N)CCC(=O)N1CCC(NC(=O)C2CC2)CC1. The zero-order valence-electron chi connectivity index (χ0n) is 11.7. The van der Waals surface area contributed by atoms with Crippen LogP contribution in [0.5, 0.6) is 0 Å². The minimum absolute atomic E-state index is 0.0827. The third-order valence-corrected chi connectivity index (χ3v) is 3.96. The maximum atomic E-state index is 11.9. The van der Waals surface area contributed by atoms with E-state index in [-0.39, 0.29) is 29.8 Å². The number of hydrogen-bond acceptors (Lipinski definition) is 3. The lowest BCUT2D eigenvalue weighted by molar-refractivity contribution is -0.132. The van der Waals surface area contributed by atoms with Gasteiger partial charge in [-0.2, -0.15) is 0 Å². The second-order valence-corrected chi connectivity index (χ2v) is 5.95. The predicted molar refractivity (Wildman–Crippen MR) is 73.4 cm³/mol. The molecule has 1 atom stereocenters. The van der Waals surface area contributed by atoms with Gasteiger partial charge in [-0.15, -0.1) is 0 Å². The van der Waals surface area contributed by atoms with E-state index in [0.717, 1.165) is 45.2 Å². The van der Waals surface area contributed by atoms with E-state index in [1.807, 2.05) is 11.8 Å². The van der Waals surface area contributed by atoms with E-state index in [1.54, 1.807) is 0 Å². The molecule has 0 aromatic heterocycles. The van der Waals surface area contributed by atoms with Gasteiger partial charge in [0.25, 0.3) is 0 Å². The van der Waals surface area contributed by atoms with Gasteiger partial charge in [0.15, 0.2) is 0 Å². The first-order valence-electron chi connectivity index (χ1n) is 7.40. The molecule has 0 aromatic carbocycles. The van der Waals surface area contributed by atoms with Crippen molar-refractivity contribution in [3.8, 4) is 0 Å². The highest BCUT2D eigenvalue weighted by Gasteiger charge is 2.32. The summed E-state index contributed by atoms with van der Waals surface area (Å²) in [5, 5.41) is 3.09. The average molecular weight is 267 g/mol. The zero-order valence-corrected chi connectivity index (χ0v) is 11.7. The van der Waals surface area contributed by atoms with Crippen LogP contribution in [0.15, 0.2) is 0 Å². The largest absolute Gasteiger partial charge is 0.353 e. The van der Waals surface area contributed by atoms with Crippen molar-refractivity contribution in [2.24, 2.45) is 11.7 Å². The standard InChI is InChI=1S/C14H25N3O2/c1-10(15)2-5-13(18)17-8-6-12(7-9-17)16-14(19)11-3-4-11/h10-12H,2-9,15H2,1H3,(H,16,19). The molecule has 2 rings (SSSR count). The van der Waals surface area contributed by atoms with Gasteiger partial charge in [0.05, 0.1) is 0 Å². The molecule has 1 unspecified atom stereocenters. The zero-order chi connectivity index (χ0) is 13.8. The van der Waals surface area contributed by atoms with Crippen molar-refractivity contribution in [2.75, 3.05) is 13.1 Å². The van der Waals surface area contributed by atoms with E-state index >= 15 is 0 Å². The summed E-state index contributed by atoms with van der Waals surface area (Å²) in [7, 11) is 0. The molecule has 0 radical (unpaired) electrons. The smallest absolute Gasteiger partial charge is 0.223 e. The van der Waals surface area contributed by atoms with E-state index in [9.17, 15) is 9.59 Å². The average Bonchev–Trinajstić information content (AvgIpc) is 3.21. The van der Waals surface area contributed by atoms with Gasteiger partial charge in [-0.05, 0) is 39.0 Å². The van der Waals surface area contributed by atoms with E-state index in [4.69, 9.17) is 5.73 Å².